The van der Waals surface area contributed by atoms with Gasteiger partial charge in [0.1, 0.15) is 6.61 Å². The highest BCUT2D eigenvalue weighted by molar-refractivity contribution is 5.71. The van der Waals surface area contributed by atoms with E-state index in [1.807, 2.05) is 18.7 Å². The second-order valence-corrected chi connectivity index (χ2v) is 5.00. The van der Waals surface area contributed by atoms with E-state index in [1.54, 1.807) is 0 Å². The normalized spacial score (nSPS) is 35.6. The Morgan fingerprint density at radius 1 is 1.60 bits per heavy atom. The van der Waals surface area contributed by atoms with Crippen LogP contribution in [0.15, 0.2) is 0 Å². The molecule has 0 bridgehead atoms. The van der Waals surface area contributed by atoms with Gasteiger partial charge in [0, 0.05) is 13.0 Å². The zero-order valence-electron chi connectivity index (χ0n) is 9.66. The molecule has 2 atom stereocenters. The molecule has 2 heterocycles. The number of hydrogen-bond donors (Lipinski definition) is 0. The van der Waals surface area contributed by atoms with Gasteiger partial charge in [-0.2, -0.15) is 0 Å². The number of cyclic esters (lactones) is 1. The van der Waals surface area contributed by atoms with E-state index in [9.17, 15) is 4.79 Å². The standard InChI is InChI=1S/C11H19NO3/c1-8(2)15-9-4-5-12-10(13)14-7-11(12,3)6-9/h8-9H,4-7H2,1-3H3/t9-,11-/m1/s1. The third kappa shape index (κ3) is 1.95. The molecule has 2 aliphatic rings. The number of nitrogens with zero attached hydrogens (tertiary/aromatic N) is 1. The highest BCUT2D eigenvalue weighted by Gasteiger charge is 2.48. The van der Waals surface area contributed by atoms with Crippen LogP contribution in [0.2, 0.25) is 0 Å². The molecule has 0 saturated carbocycles. The quantitative estimate of drug-likeness (QED) is 0.702. The zero-order chi connectivity index (χ0) is 11.1. The average molecular weight is 213 g/mol. The van der Waals surface area contributed by atoms with Gasteiger partial charge < -0.3 is 9.47 Å². The van der Waals surface area contributed by atoms with Crippen LogP contribution in [-0.4, -0.2) is 41.9 Å². The minimum absolute atomic E-state index is 0.144. The molecule has 0 aromatic rings. The molecule has 0 aromatic heterocycles. The highest BCUT2D eigenvalue weighted by Crippen LogP contribution is 2.34. The minimum Gasteiger partial charge on any atom is -0.447 e. The molecule has 0 aromatic carbocycles. The lowest BCUT2D eigenvalue weighted by Crippen LogP contribution is -2.52. The van der Waals surface area contributed by atoms with E-state index in [2.05, 4.69) is 6.92 Å². The van der Waals surface area contributed by atoms with E-state index in [0.717, 1.165) is 19.4 Å². The first-order valence-corrected chi connectivity index (χ1v) is 5.61. The van der Waals surface area contributed by atoms with Crippen LogP contribution < -0.4 is 0 Å². The second kappa shape index (κ2) is 3.67. The van der Waals surface area contributed by atoms with Gasteiger partial charge in [-0.25, -0.2) is 4.79 Å². The maximum atomic E-state index is 11.4. The number of fused-ring (bicyclic) bond motifs is 1. The minimum atomic E-state index is -0.166. The summed E-state index contributed by atoms with van der Waals surface area (Å²) in [5.41, 5.74) is -0.144. The molecule has 0 radical (unpaired) electrons. The van der Waals surface area contributed by atoms with E-state index in [-0.39, 0.29) is 23.8 Å². The Kier molecular flexibility index (Phi) is 2.63. The summed E-state index contributed by atoms with van der Waals surface area (Å²) < 4.78 is 10.9. The van der Waals surface area contributed by atoms with Crippen molar-refractivity contribution >= 4 is 6.09 Å². The van der Waals surface area contributed by atoms with E-state index in [4.69, 9.17) is 9.47 Å². The maximum absolute atomic E-state index is 11.4. The van der Waals surface area contributed by atoms with Gasteiger partial charge in [-0.15, -0.1) is 0 Å². The number of hydrogen-bond acceptors (Lipinski definition) is 3. The van der Waals surface area contributed by atoms with Gasteiger partial charge in [-0.3, -0.25) is 4.90 Å². The van der Waals surface area contributed by atoms with Crippen molar-refractivity contribution in [2.45, 2.75) is 51.4 Å². The number of ether oxygens (including phenoxy) is 2. The molecule has 86 valence electrons. The molecule has 2 fully saturated rings. The molecular weight excluding hydrogens is 194 g/mol. The molecule has 1 amide bonds. The van der Waals surface area contributed by atoms with E-state index in [0.29, 0.717) is 6.61 Å². The predicted octanol–water partition coefficient (Wildman–Crippen LogP) is 1.78. The van der Waals surface area contributed by atoms with Crippen LogP contribution in [0.4, 0.5) is 4.79 Å². The molecule has 4 nitrogen and oxygen atoms in total. The number of piperidine rings is 1. The molecule has 2 rings (SSSR count). The lowest BCUT2D eigenvalue weighted by Gasteiger charge is -2.40. The van der Waals surface area contributed by atoms with Crippen molar-refractivity contribution < 1.29 is 14.3 Å². The fraction of sp³-hybridized carbons (Fsp3) is 0.909. The zero-order valence-corrected chi connectivity index (χ0v) is 9.66. The van der Waals surface area contributed by atoms with Crippen LogP contribution in [0, 0.1) is 0 Å². The summed E-state index contributed by atoms with van der Waals surface area (Å²) in [6, 6.07) is 0. The first kappa shape index (κ1) is 10.7. The molecule has 2 aliphatic heterocycles. The second-order valence-electron chi connectivity index (χ2n) is 5.00. The Hall–Kier alpha value is -0.770. The third-order valence-corrected chi connectivity index (χ3v) is 3.19. The van der Waals surface area contributed by atoms with Crippen LogP contribution in [0.5, 0.6) is 0 Å². The number of amides is 1. The van der Waals surface area contributed by atoms with Gasteiger partial charge in [0.2, 0.25) is 0 Å². The smallest absolute Gasteiger partial charge is 0.410 e. The van der Waals surface area contributed by atoms with Crippen molar-refractivity contribution in [1.29, 1.82) is 0 Å². The average Bonchev–Trinajstić information content (AvgIpc) is 2.41. The fourth-order valence-electron chi connectivity index (χ4n) is 2.49. The first-order valence-electron chi connectivity index (χ1n) is 5.61. The molecule has 0 spiro atoms. The Morgan fingerprint density at radius 2 is 2.33 bits per heavy atom. The Labute approximate surface area is 90.5 Å². The Morgan fingerprint density at radius 3 is 3.00 bits per heavy atom. The van der Waals surface area contributed by atoms with E-state index < -0.39 is 0 Å². The van der Waals surface area contributed by atoms with E-state index >= 15 is 0 Å². The lowest BCUT2D eigenvalue weighted by molar-refractivity contribution is -0.0498. The molecule has 0 aliphatic carbocycles. The van der Waals surface area contributed by atoms with Crippen LogP contribution in [0.25, 0.3) is 0 Å². The summed E-state index contributed by atoms with van der Waals surface area (Å²) in [7, 11) is 0. The van der Waals surface area contributed by atoms with E-state index in [1.165, 1.54) is 0 Å². The van der Waals surface area contributed by atoms with Crippen LogP contribution in [0.1, 0.15) is 33.6 Å². The topological polar surface area (TPSA) is 38.8 Å². The van der Waals surface area contributed by atoms with Gasteiger partial charge in [-0.1, -0.05) is 0 Å². The van der Waals surface area contributed by atoms with Gasteiger partial charge in [0.25, 0.3) is 0 Å². The number of rotatable bonds is 2. The van der Waals surface area contributed by atoms with Gasteiger partial charge in [-0.05, 0) is 27.2 Å². The molecule has 0 N–H and O–H groups in total. The number of carbonyl (C=O) groups is 1. The fourth-order valence-corrected chi connectivity index (χ4v) is 2.49. The van der Waals surface area contributed by atoms with Crippen molar-refractivity contribution in [3.8, 4) is 0 Å². The molecule has 0 unspecified atom stereocenters. The summed E-state index contributed by atoms with van der Waals surface area (Å²) in [6.07, 6.45) is 2.16. The highest BCUT2D eigenvalue weighted by atomic mass is 16.6. The summed E-state index contributed by atoms with van der Waals surface area (Å²) in [5.74, 6) is 0. The largest absolute Gasteiger partial charge is 0.447 e. The SMILES string of the molecule is CC(C)O[C@@H]1CCN2C(=O)OC[C@@]2(C)C1. The van der Waals surface area contributed by atoms with Crippen LogP contribution >= 0.6 is 0 Å². The summed E-state index contributed by atoms with van der Waals surface area (Å²) in [4.78, 5) is 13.2. The number of carbonyl (C=O) groups excluding carboxylic acids is 1. The summed E-state index contributed by atoms with van der Waals surface area (Å²) in [5, 5.41) is 0. The lowest BCUT2D eigenvalue weighted by atomic mass is 9.88. The Bertz CT molecular complexity index is 267. The molecule has 2 saturated heterocycles. The monoisotopic (exact) mass is 213 g/mol. The first-order chi connectivity index (χ1) is 7.01. The van der Waals surface area contributed by atoms with Crippen molar-refractivity contribution in [1.82, 2.24) is 4.90 Å². The van der Waals surface area contributed by atoms with Crippen LogP contribution in [-0.2, 0) is 9.47 Å². The summed E-state index contributed by atoms with van der Waals surface area (Å²) in [6.45, 7) is 7.43. The third-order valence-electron chi connectivity index (χ3n) is 3.19. The van der Waals surface area contributed by atoms with Crippen molar-refractivity contribution in [3.05, 3.63) is 0 Å². The Balaban J connectivity index is 2.01. The van der Waals surface area contributed by atoms with Crippen molar-refractivity contribution in [2.75, 3.05) is 13.2 Å². The van der Waals surface area contributed by atoms with Gasteiger partial charge >= 0.3 is 6.09 Å². The molecule has 4 heteroatoms. The maximum Gasteiger partial charge on any atom is 0.410 e. The predicted molar refractivity (Wildman–Crippen MR) is 55.7 cm³/mol. The van der Waals surface area contributed by atoms with Crippen molar-refractivity contribution in [3.63, 3.8) is 0 Å². The molecule has 15 heavy (non-hydrogen) atoms. The van der Waals surface area contributed by atoms with Crippen molar-refractivity contribution in [2.24, 2.45) is 0 Å². The van der Waals surface area contributed by atoms with Crippen LogP contribution in [0.3, 0.4) is 0 Å². The summed E-state index contributed by atoms with van der Waals surface area (Å²) >= 11 is 0. The molecular formula is C11H19NO3. The van der Waals surface area contributed by atoms with Gasteiger partial charge in [0.15, 0.2) is 0 Å². The van der Waals surface area contributed by atoms with Gasteiger partial charge in [0.05, 0.1) is 17.7 Å².